The van der Waals surface area contributed by atoms with Crippen molar-refractivity contribution in [3.8, 4) is 0 Å². The minimum Gasteiger partial charge on any atom is -0.415 e. The second-order valence-electron chi connectivity index (χ2n) is 8.39. The highest BCUT2D eigenvalue weighted by Crippen LogP contribution is 2.35. The highest BCUT2D eigenvalue weighted by Gasteiger charge is 2.52. The fraction of sp³-hybridized carbons (Fsp3) is 0.786. The van der Waals surface area contributed by atoms with E-state index in [4.69, 9.17) is 14.9 Å². The first-order chi connectivity index (χ1) is 11.3. The van der Waals surface area contributed by atoms with Crippen LogP contribution in [0.25, 0.3) is 0 Å². The van der Waals surface area contributed by atoms with Gasteiger partial charge in [-0.2, -0.15) is 4.98 Å². The number of nitrogens with two attached hydrogens (primary N) is 1. The van der Waals surface area contributed by atoms with Gasteiger partial charge in [0.15, 0.2) is 14.5 Å². The zero-order valence-electron chi connectivity index (χ0n) is 15.5. The third kappa shape index (κ3) is 4.54. The van der Waals surface area contributed by atoms with Gasteiger partial charge in [-0.25, -0.2) is 9.78 Å². The molecule has 0 saturated carbocycles. The Balaban J connectivity index is 2.35. The van der Waals surface area contributed by atoms with Crippen molar-refractivity contribution in [3.63, 3.8) is 0 Å². The molecule has 1 unspecified atom stereocenters. The molecular weight excluding hydrogens is 360 g/mol. The van der Waals surface area contributed by atoms with E-state index in [1.807, 2.05) is 0 Å². The number of rotatable bonds is 5. The minimum absolute atomic E-state index is 0.159. The van der Waals surface area contributed by atoms with E-state index in [2.05, 4.69) is 49.3 Å². The van der Waals surface area contributed by atoms with Crippen LogP contribution in [0.4, 0.5) is 5.95 Å². The second-order valence-corrected chi connectivity index (χ2v) is 18.2. The quantitative estimate of drug-likeness (QED) is 0.597. The Hall–Kier alpha value is -1.12. The van der Waals surface area contributed by atoms with Crippen LogP contribution < -0.4 is 11.4 Å². The van der Waals surface area contributed by atoms with Crippen molar-refractivity contribution in [3.05, 3.63) is 16.8 Å². The number of hydrogen-bond donors (Lipinski definition) is 3. The zero-order valence-corrected chi connectivity index (χ0v) is 17.5. The molecule has 0 aromatic carbocycles. The van der Waals surface area contributed by atoms with Crippen LogP contribution in [0.1, 0.15) is 6.23 Å². The number of nitrogen functional groups attached to an aromatic ring is 1. The molecule has 1 aromatic heterocycles. The molecule has 0 aliphatic carbocycles. The Labute approximate surface area is 149 Å². The van der Waals surface area contributed by atoms with Gasteiger partial charge in [0, 0.05) is 0 Å². The molecule has 0 radical (unpaired) electrons. The topological polar surface area (TPSA) is 133 Å². The van der Waals surface area contributed by atoms with Gasteiger partial charge in [0.05, 0.1) is 13.8 Å². The summed E-state index contributed by atoms with van der Waals surface area (Å²) in [6.45, 7) is 12.5. The van der Waals surface area contributed by atoms with Gasteiger partial charge in [-0.3, -0.25) is 4.57 Å². The summed E-state index contributed by atoms with van der Waals surface area (Å²) in [7, 11) is -3.82. The molecule has 5 atom stereocenters. The molecule has 142 valence electrons. The highest BCUT2D eigenvalue weighted by atomic mass is 28.4. The van der Waals surface area contributed by atoms with Crippen molar-refractivity contribution in [1.82, 2.24) is 14.5 Å². The average Bonchev–Trinajstić information content (AvgIpc) is 2.71. The normalized spacial score (nSPS) is 29.0. The molecule has 1 saturated heterocycles. The summed E-state index contributed by atoms with van der Waals surface area (Å²) in [6.07, 6.45) is -3.13. The predicted molar refractivity (Wildman–Crippen MR) is 98.2 cm³/mol. The Kier molecular flexibility index (Phi) is 5.57. The minimum atomic E-state index is -1.92. The molecule has 1 fully saturated rings. The summed E-state index contributed by atoms with van der Waals surface area (Å²) in [5.74, 6) is -0.159. The van der Waals surface area contributed by atoms with Crippen molar-refractivity contribution in [2.75, 3.05) is 5.73 Å². The molecule has 1 aliphatic heterocycles. The molecule has 2 heterocycles. The van der Waals surface area contributed by atoms with Crippen LogP contribution in [0.2, 0.25) is 39.3 Å². The van der Waals surface area contributed by atoms with Crippen LogP contribution in [0, 0.1) is 0 Å². The third-order valence-electron chi connectivity index (χ3n) is 3.93. The maximum absolute atomic E-state index is 12.0. The van der Waals surface area contributed by atoms with Crippen molar-refractivity contribution in [1.29, 1.82) is 0 Å². The van der Waals surface area contributed by atoms with Gasteiger partial charge in [0.1, 0.15) is 24.6 Å². The first-order valence-electron chi connectivity index (χ1n) is 8.21. The van der Waals surface area contributed by atoms with Gasteiger partial charge >= 0.3 is 5.69 Å². The van der Waals surface area contributed by atoms with Crippen LogP contribution >= 0.6 is 0 Å². The van der Waals surface area contributed by atoms with Gasteiger partial charge in [0.2, 0.25) is 5.95 Å². The Bertz CT molecular complexity index is 672. The van der Waals surface area contributed by atoms with Crippen LogP contribution in [0.3, 0.4) is 0 Å². The molecule has 4 N–H and O–H groups in total. The molecule has 1 aromatic rings. The molecule has 9 nitrogen and oxygen atoms in total. The van der Waals surface area contributed by atoms with E-state index >= 15 is 0 Å². The number of aliphatic hydroxyl groups excluding tert-OH is 2. The van der Waals surface area contributed by atoms with Crippen molar-refractivity contribution in [2.24, 2.45) is 0 Å². The van der Waals surface area contributed by atoms with Crippen LogP contribution in [-0.4, -0.2) is 65.2 Å². The fourth-order valence-electron chi connectivity index (χ4n) is 2.81. The van der Waals surface area contributed by atoms with Crippen LogP contribution in [0.15, 0.2) is 11.1 Å². The number of nitrogens with zero attached hydrogens (tertiary/aromatic N) is 3. The maximum atomic E-state index is 12.0. The van der Waals surface area contributed by atoms with Gasteiger partial charge in [-0.05, 0) is 19.6 Å². The van der Waals surface area contributed by atoms with Crippen molar-refractivity contribution >= 4 is 22.3 Å². The lowest BCUT2D eigenvalue weighted by Crippen LogP contribution is -2.56. The molecular formula is C14H28N4O5Si2. The van der Waals surface area contributed by atoms with Crippen molar-refractivity contribution in [2.45, 2.75) is 69.5 Å². The highest BCUT2D eigenvalue weighted by molar-refractivity contribution is 6.79. The van der Waals surface area contributed by atoms with E-state index in [1.54, 1.807) is 0 Å². The lowest BCUT2D eigenvalue weighted by Gasteiger charge is -2.39. The number of ether oxygens (including phenoxy) is 1. The zero-order chi connectivity index (χ0) is 19.2. The van der Waals surface area contributed by atoms with E-state index in [1.165, 1.54) is 0 Å². The number of aromatic nitrogens is 3. The second kappa shape index (κ2) is 6.89. The molecule has 11 heteroatoms. The molecule has 1 aliphatic rings. The number of hydrogen-bond acceptors (Lipinski definition) is 8. The summed E-state index contributed by atoms with van der Waals surface area (Å²) >= 11 is 0. The summed E-state index contributed by atoms with van der Waals surface area (Å²) in [5.41, 5.74) is 4.38. The van der Waals surface area contributed by atoms with E-state index in [0.29, 0.717) is 0 Å². The molecule has 25 heavy (non-hydrogen) atoms. The van der Waals surface area contributed by atoms with Crippen molar-refractivity contribution < 1.29 is 19.4 Å². The lowest BCUT2D eigenvalue weighted by atomic mass is 10.1. The van der Waals surface area contributed by atoms with Gasteiger partial charge in [-0.1, -0.05) is 19.6 Å². The average molecular weight is 389 g/mol. The number of aliphatic hydroxyl groups is 2. The molecule has 2 rings (SSSR count). The molecule has 0 bridgehead atoms. The first kappa shape index (κ1) is 20.2. The smallest absolute Gasteiger partial charge is 0.354 e. The largest absolute Gasteiger partial charge is 0.415 e. The van der Waals surface area contributed by atoms with Gasteiger partial charge in [-0.15, -0.1) is 0 Å². The Morgan fingerprint density at radius 3 is 2.32 bits per heavy atom. The fourth-order valence-corrected chi connectivity index (χ4v) is 7.45. The molecule has 0 spiro atoms. The summed E-state index contributed by atoms with van der Waals surface area (Å²) in [4.78, 5) is 19.3. The van der Waals surface area contributed by atoms with Gasteiger partial charge in [0.25, 0.3) is 0 Å². The Morgan fingerprint density at radius 2 is 1.84 bits per heavy atom. The Morgan fingerprint density at radius 1 is 1.24 bits per heavy atom. The summed E-state index contributed by atoms with van der Waals surface area (Å²) in [6, 6.07) is 0. The maximum Gasteiger partial charge on any atom is 0.354 e. The lowest BCUT2D eigenvalue weighted by molar-refractivity contribution is -0.0640. The van der Waals surface area contributed by atoms with Crippen LogP contribution in [-0.2, 0) is 9.16 Å². The van der Waals surface area contributed by atoms with E-state index in [-0.39, 0.29) is 11.7 Å². The summed E-state index contributed by atoms with van der Waals surface area (Å²) < 4.78 is 13.2. The monoisotopic (exact) mass is 388 g/mol. The first-order valence-corrected chi connectivity index (χ1v) is 15.2. The standard InChI is InChI=1S/C14H28N4O5Si2/c1-24(2,3)12(23-25(4,5)6)10-8(19)9(20)11(22-10)18-7-16-13(15)17-14(18)21/h7-12,19-20H,1-6H3,(H2,15,17,21)/t8-,9+,10-,11+,12?/m0/s1. The number of anilines is 1. The molecule has 0 amide bonds. The third-order valence-corrected chi connectivity index (χ3v) is 7.28. The van der Waals surface area contributed by atoms with E-state index < -0.39 is 46.6 Å². The van der Waals surface area contributed by atoms with E-state index in [9.17, 15) is 15.0 Å². The SMILES string of the molecule is C[Si](C)(C)OC([C@H]1O[C@@H](n2cnc(N)nc2=O)[C@H](O)[C@@H]1O)[Si](C)(C)C. The van der Waals surface area contributed by atoms with E-state index in [0.717, 1.165) is 10.9 Å². The summed E-state index contributed by atoms with van der Waals surface area (Å²) in [5, 5.41) is 21.0. The van der Waals surface area contributed by atoms with Crippen LogP contribution in [0.5, 0.6) is 0 Å². The predicted octanol–water partition coefficient (Wildman–Crippen LogP) is -0.0628. The van der Waals surface area contributed by atoms with Gasteiger partial charge < -0.3 is 25.1 Å².